The highest BCUT2D eigenvalue weighted by Gasteiger charge is 2.23. The van der Waals surface area contributed by atoms with Crippen LogP contribution in [0.1, 0.15) is 104 Å². The zero-order valence-electron chi connectivity index (χ0n) is 26.7. The number of hydrogen-bond donors (Lipinski definition) is 0. The van der Waals surface area contributed by atoms with E-state index in [-0.39, 0.29) is 5.82 Å². The van der Waals surface area contributed by atoms with E-state index in [4.69, 9.17) is 9.59 Å². The van der Waals surface area contributed by atoms with Crippen LogP contribution in [0.2, 0.25) is 0 Å². The molecule has 3 nitrogen and oxygen atoms in total. The fourth-order valence-electron chi connectivity index (χ4n) is 4.30. The van der Waals surface area contributed by atoms with Gasteiger partial charge in [0.25, 0.3) is 0 Å². The van der Waals surface area contributed by atoms with Crippen LogP contribution in [0.4, 0.5) is 4.39 Å². The second kappa shape index (κ2) is 28.0. The summed E-state index contributed by atoms with van der Waals surface area (Å²) < 4.78 is 12.6. The molecule has 0 fully saturated rings. The molecule has 226 valence electrons. The lowest BCUT2D eigenvalue weighted by Gasteiger charge is -2.31. The highest BCUT2D eigenvalue weighted by atomic mass is 32.2. The summed E-state index contributed by atoms with van der Waals surface area (Å²) in [5, 5.41) is 0.988. The Morgan fingerprint density at radius 2 is 1.12 bits per heavy atom. The second-order valence-corrected chi connectivity index (χ2v) is 10.4. The number of allylic oxidation sites excluding steroid dienone is 1. The summed E-state index contributed by atoms with van der Waals surface area (Å²) in [6.07, 6.45) is 13.2. The lowest BCUT2D eigenvalue weighted by atomic mass is 9.75. The van der Waals surface area contributed by atoms with Crippen LogP contribution < -0.4 is 0 Å². The molecular formula is C35H56FNO2S. The maximum atomic E-state index is 12.6. The molecule has 0 atom stereocenters. The number of carbonyl (C=O) groups is 2. The fourth-order valence-corrected chi connectivity index (χ4v) is 4.52. The number of hydrogen-bond acceptors (Lipinski definition) is 4. The summed E-state index contributed by atoms with van der Waals surface area (Å²) >= 11 is 1.60. The van der Waals surface area contributed by atoms with Gasteiger partial charge in [-0.05, 0) is 73.1 Å². The summed E-state index contributed by atoms with van der Waals surface area (Å²) in [5.74, 6) is -0.215. The molecule has 0 spiro atoms. The van der Waals surface area contributed by atoms with E-state index >= 15 is 0 Å². The van der Waals surface area contributed by atoms with Crippen LogP contribution in [0, 0.1) is 11.2 Å². The van der Waals surface area contributed by atoms with E-state index in [1.54, 1.807) is 23.9 Å². The number of rotatable bonds is 11. The van der Waals surface area contributed by atoms with Gasteiger partial charge in [-0.15, -0.1) is 11.8 Å². The molecule has 0 aliphatic carbocycles. The van der Waals surface area contributed by atoms with Crippen molar-refractivity contribution in [2.45, 2.75) is 106 Å². The Morgan fingerprint density at radius 3 is 1.43 bits per heavy atom. The quantitative estimate of drug-likeness (QED) is 0.198. The molecule has 0 bridgehead atoms. The summed E-state index contributed by atoms with van der Waals surface area (Å²) in [6.45, 7) is 23.5. The zero-order valence-corrected chi connectivity index (χ0v) is 27.5. The van der Waals surface area contributed by atoms with Crippen LogP contribution in [0.15, 0.2) is 65.8 Å². The van der Waals surface area contributed by atoms with Crippen molar-refractivity contribution in [1.29, 1.82) is 0 Å². The second-order valence-electron chi connectivity index (χ2n) is 9.44. The van der Waals surface area contributed by atoms with E-state index in [1.165, 1.54) is 61.8 Å². The molecule has 0 unspecified atom stereocenters. The number of benzene rings is 2. The van der Waals surface area contributed by atoms with Crippen LogP contribution in [0.5, 0.6) is 0 Å². The molecule has 0 heterocycles. The maximum absolute atomic E-state index is 12.6. The Morgan fingerprint density at radius 1 is 0.750 bits per heavy atom. The van der Waals surface area contributed by atoms with Gasteiger partial charge < -0.3 is 9.59 Å². The molecule has 40 heavy (non-hydrogen) atoms. The van der Waals surface area contributed by atoms with Gasteiger partial charge in [-0.25, -0.2) is 4.39 Å². The van der Waals surface area contributed by atoms with E-state index < -0.39 is 0 Å². The Balaban J connectivity index is -0.000000492. The molecule has 0 radical (unpaired) electrons. The van der Waals surface area contributed by atoms with Gasteiger partial charge in [-0.1, -0.05) is 110 Å². The lowest BCUT2D eigenvalue weighted by molar-refractivity contribution is -0.0987. The van der Waals surface area contributed by atoms with Crippen molar-refractivity contribution in [1.82, 2.24) is 0 Å². The van der Waals surface area contributed by atoms with Crippen LogP contribution in [-0.2, 0) is 28.9 Å². The standard InChI is InChI=1S/C12H14FNS.C11H24.C10H14.2CH2O/c1-9(14-10(2)15-3)8-11-4-6-12(13)7-5-11;1-5-9-11(7-3,8-4)10-6-2;1-3-9-5-7-10(4-2)8-6-9;2*1-2/h4-7H,1,8H2,2-3H3;5-10H2,1-4H3;5-8H,3-4H2,1-2H3;2*1H2. The third-order valence-corrected chi connectivity index (χ3v) is 7.51. The first-order valence-corrected chi connectivity index (χ1v) is 15.6. The first-order chi connectivity index (χ1) is 19.2. The summed E-state index contributed by atoms with van der Waals surface area (Å²) in [4.78, 5) is 20.3. The largest absolute Gasteiger partial charge is 0.307 e. The van der Waals surface area contributed by atoms with Gasteiger partial charge in [0.2, 0.25) is 0 Å². The minimum atomic E-state index is -0.215. The number of halogens is 1. The van der Waals surface area contributed by atoms with Crippen molar-refractivity contribution >= 4 is 30.4 Å². The smallest absolute Gasteiger partial charge is 0.123 e. The summed E-state index contributed by atoms with van der Waals surface area (Å²) in [5.41, 5.74) is 5.37. The Labute approximate surface area is 250 Å². The van der Waals surface area contributed by atoms with Crippen molar-refractivity contribution in [2.75, 3.05) is 6.26 Å². The van der Waals surface area contributed by atoms with Crippen molar-refractivity contribution in [2.24, 2.45) is 10.4 Å². The van der Waals surface area contributed by atoms with Gasteiger partial charge in [0.1, 0.15) is 19.4 Å². The monoisotopic (exact) mass is 573 g/mol. The fraction of sp³-hybridized carbons (Fsp3) is 0.514. The third-order valence-electron chi connectivity index (χ3n) is 6.83. The number of aliphatic imine (C=N–C) groups is 1. The van der Waals surface area contributed by atoms with Gasteiger partial charge in [-0.3, -0.25) is 4.99 Å². The molecule has 2 rings (SSSR count). The number of carbonyl (C=O) groups excluding carboxylic acids is 2. The van der Waals surface area contributed by atoms with Gasteiger partial charge in [-0.2, -0.15) is 0 Å². The van der Waals surface area contributed by atoms with Gasteiger partial charge >= 0.3 is 0 Å². The molecule has 0 aliphatic rings. The molecule has 0 saturated carbocycles. The number of aryl methyl sites for hydroxylation is 2. The van der Waals surface area contributed by atoms with Gasteiger partial charge in [0, 0.05) is 12.1 Å². The first-order valence-electron chi connectivity index (χ1n) is 14.4. The number of nitrogens with zero attached hydrogens (tertiary/aromatic N) is 1. The normalized spacial score (nSPS) is 10.3. The molecule has 0 aromatic heterocycles. The molecule has 0 aliphatic heterocycles. The van der Waals surface area contributed by atoms with E-state index in [2.05, 4.69) is 77.4 Å². The zero-order chi connectivity index (χ0) is 31.4. The van der Waals surface area contributed by atoms with Gasteiger partial charge in [0.05, 0.1) is 5.04 Å². The van der Waals surface area contributed by atoms with E-state index in [0.717, 1.165) is 29.1 Å². The van der Waals surface area contributed by atoms with Crippen molar-refractivity contribution in [3.05, 3.63) is 83.3 Å². The molecule has 2 aromatic carbocycles. The summed E-state index contributed by atoms with van der Waals surface area (Å²) in [6, 6.07) is 15.2. The van der Waals surface area contributed by atoms with Crippen LogP contribution in [0.3, 0.4) is 0 Å². The minimum Gasteiger partial charge on any atom is -0.307 e. The molecule has 5 heteroatoms. The highest BCUT2D eigenvalue weighted by molar-refractivity contribution is 8.13. The molecular weight excluding hydrogens is 517 g/mol. The SMILES string of the molecule is C=C(Cc1ccc(F)cc1)N=C(C)SC.C=O.C=O.CCCC(CC)(CC)CCC.CCc1ccc(CC)cc1. The minimum absolute atomic E-state index is 0.215. The van der Waals surface area contributed by atoms with E-state index in [0.29, 0.717) is 11.8 Å². The van der Waals surface area contributed by atoms with Crippen LogP contribution in [0.25, 0.3) is 0 Å². The molecule has 0 N–H and O–H groups in total. The van der Waals surface area contributed by atoms with Crippen LogP contribution in [-0.4, -0.2) is 24.9 Å². The predicted molar refractivity (Wildman–Crippen MR) is 178 cm³/mol. The average Bonchev–Trinajstić information content (AvgIpc) is 3.00. The topological polar surface area (TPSA) is 46.5 Å². The highest BCUT2D eigenvalue weighted by Crippen LogP contribution is 2.36. The lowest BCUT2D eigenvalue weighted by Crippen LogP contribution is -2.17. The van der Waals surface area contributed by atoms with Crippen molar-refractivity contribution in [3.8, 4) is 0 Å². The third kappa shape index (κ3) is 20.4. The average molecular weight is 574 g/mol. The molecule has 0 saturated heterocycles. The Kier molecular flexibility index (Phi) is 29.4. The Bertz CT molecular complexity index is 858. The predicted octanol–water partition coefficient (Wildman–Crippen LogP) is 10.5. The molecule has 2 aromatic rings. The van der Waals surface area contributed by atoms with E-state index in [1.807, 2.05) is 26.8 Å². The van der Waals surface area contributed by atoms with Gasteiger partial charge in [0.15, 0.2) is 0 Å². The van der Waals surface area contributed by atoms with Crippen molar-refractivity contribution < 1.29 is 14.0 Å². The maximum Gasteiger partial charge on any atom is 0.123 e. The first kappa shape index (κ1) is 41.9. The van der Waals surface area contributed by atoms with E-state index in [9.17, 15) is 4.39 Å². The number of thioether (sulfide) groups is 1. The molecule has 0 amide bonds. The van der Waals surface area contributed by atoms with Crippen LogP contribution >= 0.6 is 11.8 Å². The summed E-state index contributed by atoms with van der Waals surface area (Å²) in [7, 11) is 0. The Hall–Kier alpha value is -2.53. The van der Waals surface area contributed by atoms with Crippen molar-refractivity contribution in [3.63, 3.8) is 0 Å².